The van der Waals surface area contributed by atoms with Gasteiger partial charge in [0.05, 0.1) is 19.3 Å². The van der Waals surface area contributed by atoms with Gasteiger partial charge in [-0.25, -0.2) is 4.79 Å². The fraction of sp³-hybridized carbons (Fsp3) is 0.619. The second kappa shape index (κ2) is 10.4. The van der Waals surface area contributed by atoms with E-state index in [1.54, 1.807) is 29.2 Å². The van der Waals surface area contributed by atoms with Crippen LogP contribution in [0.25, 0.3) is 0 Å². The molecule has 0 aromatic heterocycles. The number of nitrogens with one attached hydrogen (secondary N) is 1. The highest BCUT2D eigenvalue weighted by molar-refractivity contribution is 5.95. The number of urea groups is 1. The zero-order valence-corrected chi connectivity index (χ0v) is 16.4. The molecule has 2 N–H and O–H groups in total. The van der Waals surface area contributed by atoms with Crippen LogP contribution < -0.4 is 5.32 Å². The van der Waals surface area contributed by atoms with E-state index in [9.17, 15) is 9.59 Å². The van der Waals surface area contributed by atoms with Crippen molar-refractivity contribution in [3.05, 3.63) is 29.8 Å². The lowest BCUT2D eigenvalue weighted by molar-refractivity contribution is -0.000876. The van der Waals surface area contributed by atoms with E-state index in [4.69, 9.17) is 9.84 Å². The highest BCUT2D eigenvalue weighted by atomic mass is 16.5. The molecule has 2 fully saturated rings. The van der Waals surface area contributed by atoms with Gasteiger partial charge in [-0.1, -0.05) is 12.8 Å². The van der Waals surface area contributed by atoms with Crippen molar-refractivity contribution in [3.8, 4) is 0 Å². The monoisotopic (exact) mass is 389 g/mol. The number of likely N-dealkylation sites (tertiary alicyclic amines) is 2. The minimum absolute atomic E-state index is 0.0248. The average molecular weight is 389 g/mol. The van der Waals surface area contributed by atoms with E-state index >= 15 is 0 Å². The summed E-state index contributed by atoms with van der Waals surface area (Å²) in [6.45, 7) is 3.29. The Bertz CT molecular complexity index is 634. The average Bonchev–Trinajstić information content (AvgIpc) is 3.02. The molecule has 0 bridgehead atoms. The SMILES string of the molecule is O=C(Nc1ccc(C(=O)N2CCCCCC2)cc1)N1CCC(OCCO)CC1. The first-order valence-electron chi connectivity index (χ1n) is 10.3. The van der Waals surface area contributed by atoms with Crippen molar-refractivity contribution in [1.29, 1.82) is 0 Å². The quantitative estimate of drug-likeness (QED) is 0.811. The first-order valence-corrected chi connectivity index (χ1v) is 10.3. The van der Waals surface area contributed by atoms with Crippen molar-refractivity contribution < 1.29 is 19.4 Å². The van der Waals surface area contributed by atoms with Gasteiger partial charge in [0.2, 0.25) is 0 Å². The van der Waals surface area contributed by atoms with Crippen LogP contribution in [0.2, 0.25) is 0 Å². The maximum absolute atomic E-state index is 12.6. The number of benzene rings is 1. The molecule has 1 aromatic carbocycles. The number of aliphatic hydroxyl groups excluding tert-OH is 1. The number of carbonyl (C=O) groups is 2. The molecule has 0 atom stereocenters. The standard InChI is InChI=1S/C21H31N3O4/c25-15-16-28-19-9-13-24(14-10-19)21(27)22-18-7-5-17(6-8-18)20(26)23-11-3-1-2-4-12-23/h5-8,19,25H,1-4,9-16H2,(H,22,27). The smallest absolute Gasteiger partial charge is 0.321 e. The largest absolute Gasteiger partial charge is 0.394 e. The first kappa shape index (κ1) is 20.6. The van der Waals surface area contributed by atoms with Crippen LogP contribution in [0.15, 0.2) is 24.3 Å². The number of ether oxygens (including phenoxy) is 1. The normalized spacial score (nSPS) is 18.6. The Morgan fingerprint density at radius 3 is 2.21 bits per heavy atom. The molecule has 0 saturated carbocycles. The van der Waals surface area contributed by atoms with Crippen LogP contribution in [0.1, 0.15) is 48.9 Å². The summed E-state index contributed by atoms with van der Waals surface area (Å²) in [6, 6.07) is 7.03. The maximum Gasteiger partial charge on any atom is 0.321 e. The molecule has 2 aliphatic heterocycles. The zero-order valence-electron chi connectivity index (χ0n) is 16.4. The molecule has 2 heterocycles. The number of rotatable bonds is 5. The summed E-state index contributed by atoms with van der Waals surface area (Å²) < 4.78 is 5.53. The third kappa shape index (κ3) is 5.69. The molecule has 7 heteroatoms. The Morgan fingerprint density at radius 2 is 1.61 bits per heavy atom. The van der Waals surface area contributed by atoms with Crippen LogP contribution in [-0.2, 0) is 4.74 Å². The van der Waals surface area contributed by atoms with E-state index in [2.05, 4.69) is 5.32 Å². The number of hydrogen-bond acceptors (Lipinski definition) is 4. The number of amides is 3. The summed E-state index contributed by atoms with van der Waals surface area (Å²) in [5, 5.41) is 11.7. The van der Waals surface area contributed by atoms with Gasteiger partial charge >= 0.3 is 6.03 Å². The molecular formula is C21H31N3O4. The molecule has 0 spiro atoms. The van der Waals surface area contributed by atoms with Crippen molar-refractivity contribution in [3.63, 3.8) is 0 Å². The number of piperidine rings is 1. The van der Waals surface area contributed by atoms with Crippen LogP contribution in [0.3, 0.4) is 0 Å². The minimum atomic E-state index is -0.132. The fourth-order valence-corrected chi connectivity index (χ4v) is 3.80. The molecule has 1 aromatic rings. The summed E-state index contributed by atoms with van der Waals surface area (Å²) >= 11 is 0. The Morgan fingerprint density at radius 1 is 0.964 bits per heavy atom. The topological polar surface area (TPSA) is 82.1 Å². The molecule has 2 saturated heterocycles. The van der Waals surface area contributed by atoms with E-state index in [0.29, 0.717) is 30.9 Å². The minimum Gasteiger partial charge on any atom is -0.394 e. The molecule has 3 rings (SSSR count). The lowest BCUT2D eigenvalue weighted by Gasteiger charge is -2.31. The van der Waals surface area contributed by atoms with Gasteiger partial charge in [0.15, 0.2) is 0 Å². The maximum atomic E-state index is 12.6. The highest BCUT2D eigenvalue weighted by Crippen LogP contribution is 2.18. The molecular weight excluding hydrogens is 358 g/mol. The Kier molecular flexibility index (Phi) is 7.68. The van der Waals surface area contributed by atoms with Gasteiger partial charge in [-0.15, -0.1) is 0 Å². The molecule has 0 aliphatic carbocycles. The van der Waals surface area contributed by atoms with Crippen molar-refractivity contribution in [2.45, 2.75) is 44.6 Å². The van der Waals surface area contributed by atoms with Crippen LogP contribution >= 0.6 is 0 Å². The lowest BCUT2D eigenvalue weighted by atomic mass is 10.1. The second-order valence-corrected chi connectivity index (χ2v) is 7.49. The molecule has 28 heavy (non-hydrogen) atoms. The summed E-state index contributed by atoms with van der Waals surface area (Å²) in [5.41, 5.74) is 1.36. The predicted molar refractivity (Wildman–Crippen MR) is 107 cm³/mol. The summed E-state index contributed by atoms with van der Waals surface area (Å²) in [5.74, 6) is 0.0738. The Hall–Kier alpha value is -2.12. The van der Waals surface area contributed by atoms with E-state index in [0.717, 1.165) is 38.8 Å². The zero-order chi connectivity index (χ0) is 19.8. The molecule has 154 valence electrons. The number of nitrogens with zero attached hydrogens (tertiary/aromatic N) is 2. The molecule has 7 nitrogen and oxygen atoms in total. The van der Waals surface area contributed by atoms with Gasteiger partial charge < -0.3 is 25.0 Å². The number of hydrogen-bond donors (Lipinski definition) is 2. The molecule has 0 unspecified atom stereocenters. The van der Waals surface area contributed by atoms with Gasteiger partial charge in [-0.2, -0.15) is 0 Å². The van der Waals surface area contributed by atoms with Crippen molar-refractivity contribution in [1.82, 2.24) is 9.80 Å². The first-order chi connectivity index (χ1) is 13.7. The van der Waals surface area contributed by atoms with Crippen LogP contribution in [0.5, 0.6) is 0 Å². The van der Waals surface area contributed by atoms with Crippen LogP contribution in [0, 0.1) is 0 Å². The Labute approximate surface area is 166 Å². The van der Waals surface area contributed by atoms with E-state index in [1.165, 1.54) is 12.8 Å². The van der Waals surface area contributed by atoms with E-state index in [1.807, 2.05) is 4.90 Å². The summed E-state index contributed by atoms with van der Waals surface area (Å²) in [7, 11) is 0. The van der Waals surface area contributed by atoms with Gasteiger partial charge in [-0.05, 0) is 49.9 Å². The van der Waals surface area contributed by atoms with Crippen molar-refractivity contribution in [2.75, 3.05) is 44.7 Å². The lowest BCUT2D eigenvalue weighted by Crippen LogP contribution is -2.43. The second-order valence-electron chi connectivity index (χ2n) is 7.49. The molecule has 2 aliphatic rings. The van der Waals surface area contributed by atoms with Crippen molar-refractivity contribution in [2.24, 2.45) is 0 Å². The number of anilines is 1. The molecule has 0 radical (unpaired) electrons. The van der Waals surface area contributed by atoms with Gasteiger partial charge in [0.25, 0.3) is 5.91 Å². The third-order valence-corrected chi connectivity index (χ3v) is 5.45. The summed E-state index contributed by atoms with van der Waals surface area (Å²) in [4.78, 5) is 28.8. The van der Waals surface area contributed by atoms with Crippen molar-refractivity contribution >= 4 is 17.6 Å². The van der Waals surface area contributed by atoms with Gasteiger partial charge in [0, 0.05) is 37.4 Å². The van der Waals surface area contributed by atoms with Crippen LogP contribution in [-0.4, -0.2) is 72.3 Å². The number of aliphatic hydroxyl groups is 1. The highest BCUT2D eigenvalue weighted by Gasteiger charge is 2.23. The fourth-order valence-electron chi connectivity index (χ4n) is 3.80. The number of carbonyl (C=O) groups excluding carboxylic acids is 2. The van der Waals surface area contributed by atoms with Crippen LogP contribution in [0.4, 0.5) is 10.5 Å². The van der Waals surface area contributed by atoms with Gasteiger partial charge in [-0.3, -0.25) is 4.79 Å². The van der Waals surface area contributed by atoms with E-state index < -0.39 is 0 Å². The molecule has 3 amide bonds. The third-order valence-electron chi connectivity index (χ3n) is 5.45. The van der Waals surface area contributed by atoms with Gasteiger partial charge in [0.1, 0.15) is 0 Å². The van der Waals surface area contributed by atoms with E-state index in [-0.39, 0.29) is 24.6 Å². The summed E-state index contributed by atoms with van der Waals surface area (Å²) in [6.07, 6.45) is 6.19. The Balaban J connectivity index is 1.48. The predicted octanol–water partition coefficient (Wildman–Crippen LogP) is 2.71.